The highest BCUT2D eigenvalue weighted by Crippen LogP contribution is 2.46. The number of alkyl halides is 3. The third-order valence-corrected chi connectivity index (χ3v) is 9.66. The van der Waals surface area contributed by atoms with Crippen LogP contribution in [0, 0.1) is 17.8 Å². The molecule has 3 atom stereocenters. The molecule has 4 fully saturated rings. The van der Waals surface area contributed by atoms with E-state index in [1.54, 1.807) is 0 Å². The van der Waals surface area contributed by atoms with Crippen LogP contribution in [0.3, 0.4) is 0 Å². The zero-order valence-corrected chi connectivity index (χ0v) is 25.2. The van der Waals surface area contributed by atoms with Gasteiger partial charge in [0.15, 0.2) is 11.5 Å². The van der Waals surface area contributed by atoms with Crippen molar-refractivity contribution >= 4 is 35.0 Å². The van der Waals surface area contributed by atoms with Gasteiger partial charge in [-0.25, -0.2) is 4.98 Å². The van der Waals surface area contributed by atoms with Gasteiger partial charge in [-0.3, -0.25) is 19.1 Å². The Labute approximate surface area is 261 Å². The Morgan fingerprint density at radius 2 is 1.76 bits per heavy atom. The van der Waals surface area contributed by atoms with Crippen LogP contribution in [0.1, 0.15) is 58.4 Å². The number of amides is 3. The summed E-state index contributed by atoms with van der Waals surface area (Å²) in [6.07, 6.45) is 1.15. The maximum Gasteiger partial charge on any atom is 0.435 e. The van der Waals surface area contributed by atoms with Crippen molar-refractivity contribution in [2.24, 2.45) is 24.8 Å². The molecule has 45 heavy (non-hydrogen) atoms. The lowest BCUT2D eigenvalue weighted by Crippen LogP contribution is -2.43. The summed E-state index contributed by atoms with van der Waals surface area (Å²) in [6.45, 7) is 3.02. The van der Waals surface area contributed by atoms with Crippen molar-refractivity contribution < 1.29 is 27.6 Å². The maximum atomic E-state index is 13.7. The molecule has 11 nitrogen and oxygen atoms in total. The Balaban J connectivity index is 0.973. The summed E-state index contributed by atoms with van der Waals surface area (Å²) >= 11 is 6.43. The lowest BCUT2D eigenvalue weighted by molar-refractivity contribution is -0.141. The fourth-order valence-electron chi connectivity index (χ4n) is 6.63. The summed E-state index contributed by atoms with van der Waals surface area (Å²) in [7, 11) is 1.46. The van der Waals surface area contributed by atoms with Crippen molar-refractivity contribution in [3.63, 3.8) is 0 Å². The first kappa shape index (κ1) is 29.8. The molecule has 2 aromatic heterocycles. The normalized spacial score (nSPS) is 23.1. The molecule has 2 saturated carbocycles. The van der Waals surface area contributed by atoms with Crippen LogP contribution in [0.5, 0.6) is 0 Å². The minimum atomic E-state index is -4.67. The first-order chi connectivity index (χ1) is 21.5. The van der Waals surface area contributed by atoms with Crippen molar-refractivity contribution in [3.05, 3.63) is 52.7 Å². The quantitative estimate of drug-likeness (QED) is 0.360. The summed E-state index contributed by atoms with van der Waals surface area (Å²) in [5.41, 5.74) is -0.536. The fourth-order valence-corrected chi connectivity index (χ4v) is 6.89. The highest BCUT2D eigenvalue weighted by molar-refractivity contribution is 6.34. The van der Waals surface area contributed by atoms with E-state index in [0.717, 1.165) is 38.8 Å². The highest BCUT2D eigenvalue weighted by atomic mass is 35.5. The number of piperidine rings is 2. The van der Waals surface area contributed by atoms with Crippen molar-refractivity contribution in [2.45, 2.75) is 43.9 Å². The molecule has 2 saturated heterocycles. The molecule has 0 radical (unpaired) electrons. The van der Waals surface area contributed by atoms with E-state index < -0.39 is 17.8 Å². The number of anilines is 1. The molecule has 15 heteroatoms. The SMILES string of the molecule is Cn1c(-c2cn(C3CC3)nc2C(F)(F)F)cnc1C(=O)Nc1ccc(C(=O)NC2[C@H]3CN(C(=O)C4CCNCC4)C[C@@H]23)c(Cl)c1. The zero-order chi connectivity index (χ0) is 31.6. The Morgan fingerprint density at radius 1 is 1.04 bits per heavy atom. The van der Waals surface area contributed by atoms with Gasteiger partial charge < -0.3 is 25.4 Å². The topological polar surface area (TPSA) is 126 Å². The van der Waals surface area contributed by atoms with E-state index in [-0.39, 0.29) is 69.3 Å². The van der Waals surface area contributed by atoms with Gasteiger partial charge in [0.2, 0.25) is 5.91 Å². The van der Waals surface area contributed by atoms with Crippen LogP contribution in [0.4, 0.5) is 18.9 Å². The van der Waals surface area contributed by atoms with Crippen LogP contribution in [0.2, 0.25) is 5.02 Å². The van der Waals surface area contributed by atoms with Gasteiger partial charge in [0.25, 0.3) is 11.8 Å². The van der Waals surface area contributed by atoms with E-state index in [9.17, 15) is 27.6 Å². The Hall–Kier alpha value is -3.91. The predicted molar refractivity (Wildman–Crippen MR) is 158 cm³/mol. The zero-order valence-electron chi connectivity index (χ0n) is 24.4. The largest absolute Gasteiger partial charge is 0.435 e. The minimum Gasteiger partial charge on any atom is -0.349 e. The molecule has 0 bridgehead atoms. The number of fused-ring (bicyclic) bond motifs is 1. The van der Waals surface area contributed by atoms with Crippen molar-refractivity contribution in [3.8, 4) is 11.3 Å². The van der Waals surface area contributed by atoms with Crippen LogP contribution in [0.15, 0.2) is 30.6 Å². The lowest BCUT2D eigenvalue weighted by Gasteiger charge is -2.28. The summed E-state index contributed by atoms with van der Waals surface area (Å²) in [5.74, 6) is -0.350. The molecule has 238 valence electrons. The van der Waals surface area contributed by atoms with Crippen LogP contribution < -0.4 is 16.0 Å². The molecule has 3 amide bonds. The molecule has 2 aliphatic heterocycles. The summed E-state index contributed by atoms with van der Waals surface area (Å²) in [5, 5.41) is 12.9. The Kier molecular flexibility index (Phi) is 7.39. The van der Waals surface area contributed by atoms with Gasteiger partial charge in [-0.05, 0) is 57.0 Å². The number of rotatable bonds is 7. The number of imidazole rings is 1. The van der Waals surface area contributed by atoms with E-state index in [1.165, 1.54) is 46.9 Å². The molecule has 7 rings (SSSR count). The number of nitrogens with zero attached hydrogens (tertiary/aromatic N) is 5. The van der Waals surface area contributed by atoms with Crippen molar-refractivity contribution in [1.29, 1.82) is 0 Å². The Morgan fingerprint density at radius 3 is 2.40 bits per heavy atom. The number of aromatic nitrogens is 4. The molecule has 3 aromatic rings. The van der Waals surface area contributed by atoms with Gasteiger partial charge in [0.1, 0.15) is 0 Å². The Bertz CT molecular complexity index is 1660. The minimum absolute atomic E-state index is 0.0168. The number of carbonyl (C=O) groups excluding carboxylic acids is 3. The number of nitrogens with one attached hydrogen (secondary N) is 3. The summed E-state index contributed by atoms with van der Waals surface area (Å²) in [6, 6.07) is 4.39. The van der Waals surface area contributed by atoms with E-state index >= 15 is 0 Å². The highest BCUT2D eigenvalue weighted by Gasteiger charge is 2.57. The van der Waals surface area contributed by atoms with E-state index in [2.05, 4.69) is 26.0 Å². The van der Waals surface area contributed by atoms with Gasteiger partial charge in [-0.15, -0.1) is 0 Å². The first-order valence-corrected chi connectivity index (χ1v) is 15.5. The number of benzene rings is 1. The second kappa shape index (κ2) is 11.2. The van der Waals surface area contributed by atoms with Crippen LogP contribution in [0.25, 0.3) is 11.3 Å². The molecule has 2 aliphatic carbocycles. The molecular formula is C30H32ClF3N8O3. The van der Waals surface area contributed by atoms with Crippen molar-refractivity contribution in [2.75, 3.05) is 31.5 Å². The first-order valence-electron chi connectivity index (χ1n) is 15.1. The monoisotopic (exact) mass is 644 g/mol. The van der Waals surface area contributed by atoms with Crippen molar-refractivity contribution in [1.82, 2.24) is 34.9 Å². The molecule has 4 heterocycles. The van der Waals surface area contributed by atoms with E-state index in [4.69, 9.17) is 11.6 Å². The molecule has 4 aliphatic rings. The number of hydrogen-bond acceptors (Lipinski definition) is 6. The van der Waals surface area contributed by atoms with Gasteiger partial charge in [-0.2, -0.15) is 18.3 Å². The second-order valence-corrected chi connectivity index (χ2v) is 12.8. The maximum absolute atomic E-state index is 13.7. The third-order valence-electron chi connectivity index (χ3n) is 9.35. The second-order valence-electron chi connectivity index (χ2n) is 12.4. The number of carbonyl (C=O) groups is 3. The number of hydrogen-bond donors (Lipinski definition) is 3. The lowest BCUT2D eigenvalue weighted by atomic mass is 9.96. The summed E-state index contributed by atoms with van der Waals surface area (Å²) < 4.78 is 43.8. The number of likely N-dealkylation sites (tertiary alicyclic amines) is 1. The standard InChI is InChI=1S/C30H32ClF3N8O3/c1-40-23(21-14-42(17-3-4-17)39-25(21)30(32,33)34)11-36-26(40)28(44)37-16-2-5-18(22(31)10-16)27(43)38-24-19-12-41(13-20(19)24)29(45)15-6-8-35-9-7-15/h2,5,10-11,14-15,17,19-20,24,35H,3-4,6-9,12-13H2,1H3,(H,37,44)(H,38,43)/t19-,20+,24?. The van der Waals surface area contributed by atoms with Gasteiger partial charge in [-0.1, -0.05) is 11.6 Å². The van der Waals surface area contributed by atoms with Crippen LogP contribution in [-0.2, 0) is 18.0 Å². The molecule has 0 spiro atoms. The molecule has 1 aromatic carbocycles. The average Bonchev–Trinajstić information content (AvgIpc) is 3.76. The average molecular weight is 645 g/mol. The predicted octanol–water partition coefficient (Wildman–Crippen LogP) is 3.73. The molecule has 3 N–H and O–H groups in total. The van der Waals surface area contributed by atoms with Gasteiger partial charge >= 0.3 is 6.18 Å². The van der Waals surface area contributed by atoms with Gasteiger partial charge in [0.05, 0.1) is 34.1 Å². The molecule has 1 unspecified atom stereocenters. The molecular weight excluding hydrogens is 613 g/mol. The van der Waals surface area contributed by atoms with Crippen LogP contribution in [-0.4, -0.2) is 74.2 Å². The van der Waals surface area contributed by atoms with E-state index in [1.807, 2.05) is 4.90 Å². The van der Waals surface area contributed by atoms with E-state index in [0.29, 0.717) is 18.8 Å². The summed E-state index contributed by atoms with van der Waals surface area (Å²) in [4.78, 5) is 44.9. The third kappa shape index (κ3) is 5.69. The number of halogens is 4. The van der Waals surface area contributed by atoms with Crippen LogP contribution >= 0.6 is 11.6 Å². The fraction of sp³-hybridized carbons (Fsp3) is 0.500. The van der Waals surface area contributed by atoms with Gasteiger partial charge in [0, 0.05) is 55.8 Å². The smallest absolute Gasteiger partial charge is 0.349 e.